The quantitative estimate of drug-likeness (QED) is 0.784. The van der Waals surface area contributed by atoms with Crippen molar-refractivity contribution in [2.24, 2.45) is 0 Å². The molecule has 0 aliphatic heterocycles. The summed E-state index contributed by atoms with van der Waals surface area (Å²) >= 11 is -0.983. The van der Waals surface area contributed by atoms with Crippen LogP contribution in [0.3, 0.4) is 0 Å². The first-order chi connectivity index (χ1) is 11.2. The number of unbranched alkanes of at least 4 members (excludes halogenated alkanes) is 1. The fraction of sp³-hybridized carbons (Fsp3) is 0.294. The molecule has 1 amide bonds. The summed E-state index contributed by atoms with van der Waals surface area (Å²) in [5.41, 5.74) is 1.43. The largest absolute Gasteiger partial charge is 0.611 e. The highest BCUT2D eigenvalue weighted by atomic mass is 32.2. The molecule has 2 rings (SSSR count). The van der Waals surface area contributed by atoms with Gasteiger partial charge in [0.05, 0.1) is 0 Å². The van der Waals surface area contributed by atoms with Crippen molar-refractivity contribution in [2.75, 3.05) is 11.1 Å². The van der Waals surface area contributed by atoms with Crippen LogP contribution in [0.4, 0.5) is 10.5 Å². The van der Waals surface area contributed by atoms with Crippen LogP contribution < -0.4 is 5.32 Å². The Morgan fingerprint density at radius 2 is 2.09 bits per heavy atom. The van der Waals surface area contributed by atoms with Crippen LogP contribution in [-0.4, -0.2) is 21.4 Å². The summed E-state index contributed by atoms with van der Waals surface area (Å²) in [6.45, 7) is 2.24. The highest BCUT2D eigenvalue weighted by Crippen LogP contribution is 2.16. The molecule has 0 saturated heterocycles. The van der Waals surface area contributed by atoms with Crippen LogP contribution in [0.5, 0.6) is 0 Å². The first-order valence-corrected chi connectivity index (χ1v) is 8.82. The second-order valence-electron chi connectivity index (χ2n) is 4.99. The smallest absolute Gasteiger partial charge is 0.411 e. The molecule has 1 unspecified atom stereocenters. The molecule has 2 aromatic rings. The average molecular weight is 332 g/mol. The normalized spacial score (nSPS) is 11.7. The number of anilines is 1. The van der Waals surface area contributed by atoms with Crippen molar-refractivity contribution in [1.29, 1.82) is 0 Å². The van der Waals surface area contributed by atoms with E-state index in [4.69, 9.17) is 4.74 Å². The van der Waals surface area contributed by atoms with Crippen LogP contribution in [-0.2, 0) is 22.5 Å². The average Bonchev–Trinajstić information content (AvgIpc) is 2.59. The van der Waals surface area contributed by atoms with Crippen molar-refractivity contribution in [3.05, 3.63) is 54.4 Å². The minimum atomic E-state index is -0.983. The SMILES string of the molecule is CCCC[S+]([O-])c1ccc(NC(=O)OCc2cccnc2)cc1. The minimum absolute atomic E-state index is 0.165. The van der Waals surface area contributed by atoms with Gasteiger partial charge in [-0.05, 0) is 47.9 Å². The Kier molecular flexibility index (Phi) is 6.90. The predicted molar refractivity (Wildman–Crippen MR) is 90.7 cm³/mol. The van der Waals surface area contributed by atoms with Gasteiger partial charge in [-0.1, -0.05) is 19.4 Å². The Bertz CT molecular complexity index is 605. The molecular formula is C17H20N2O3S. The lowest BCUT2D eigenvalue weighted by Gasteiger charge is -2.11. The molecule has 0 saturated carbocycles. The highest BCUT2D eigenvalue weighted by molar-refractivity contribution is 7.91. The highest BCUT2D eigenvalue weighted by Gasteiger charge is 2.10. The monoisotopic (exact) mass is 332 g/mol. The summed E-state index contributed by atoms with van der Waals surface area (Å²) in [7, 11) is 0. The van der Waals surface area contributed by atoms with Gasteiger partial charge in [0, 0.05) is 23.6 Å². The maximum atomic E-state index is 12.0. The summed E-state index contributed by atoms with van der Waals surface area (Å²) in [4.78, 5) is 16.5. The Hall–Kier alpha value is -2.05. The van der Waals surface area contributed by atoms with E-state index in [1.165, 1.54) is 0 Å². The number of rotatable bonds is 7. The number of amides is 1. The molecule has 23 heavy (non-hydrogen) atoms. The Labute approximate surface area is 139 Å². The fourth-order valence-corrected chi connectivity index (χ4v) is 3.10. The van der Waals surface area contributed by atoms with Crippen molar-refractivity contribution in [2.45, 2.75) is 31.3 Å². The van der Waals surface area contributed by atoms with E-state index in [0.717, 1.165) is 23.3 Å². The van der Waals surface area contributed by atoms with Gasteiger partial charge in [-0.15, -0.1) is 0 Å². The number of carbonyl (C=O) groups excluding carboxylic acids is 1. The van der Waals surface area contributed by atoms with E-state index in [-0.39, 0.29) is 6.61 Å². The first-order valence-electron chi connectivity index (χ1n) is 7.50. The predicted octanol–water partition coefficient (Wildman–Crippen LogP) is 3.74. The van der Waals surface area contributed by atoms with E-state index in [1.807, 2.05) is 6.07 Å². The van der Waals surface area contributed by atoms with Crippen LogP contribution in [0.25, 0.3) is 0 Å². The summed E-state index contributed by atoms with van der Waals surface area (Å²) in [5, 5.41) is 2.64. The maximum Gasteiger partial charge on any atom is 0.411 e. The zero-order valence-electron chi connectivity index (χ0n) is 13.0. The van der Waals surface area contributed by atoms with Gasteiger partial charge < -0.3 is 9.29 Å². The molecule has 122 valence electrons. The van der Waals surface area contributed by atoms with E-state index in [2.05, 4.69) is 17.2 Å². The number of hydrogen-bond donors (Lipinski definition) is 1. The zero-order chi connectivity index (χ0) is 16.5. The minimum Gasteiger partial charge on any atom is -0.611 e. The molecule has 0 fully saturated rings. The van der Waals surface area contributed by atoms with Gasteiger partial charge >= 0.3 is 6.09 Å². The summed E-state index contributed by atoms with van der Waals surface area (Å²) in [6, 6.07) is 10.6. The summed E-state index contributed by atoms with van der Waals surface area (Å²) in [6.07, 6.45) is 4.73. The van der Waals surface area contributed by atoms with E-state index in [1.54, 1.807) is 42.7 Å². The van der Waals surface area contributed by atoms with Gasteiger partial charge in [0.15, 0.2) is 4.90 Å². The molecule has 1 aromatic carbocycles. The van der Waals surface area contributed by atoms with Gasteiger partial charge in [-0.2, -0.15) is 0 Å². The fourth-order valence-electron chi connectivity index (χ4n) is 1.87. The van der Waals surface area contributed by atoms with Crippen molar-refractivity contribution in [1.82, 2.24) is 4.98 Å². The molecule has 1 N–H and O–H groups in total. The molecule has 0 aliphatic carbocycles. The van der Waals surface area contributed by atoms with E-state index in [0.29, 0.717) is 11.4 Å². The molecule has 1 aromatic heterocycles. The van der Waals surface area contributed by atoms with Crippen molar-refractivity contribution >= 4 is 23.0 Å². The molecule has 0 bridgehead atoms. The third-order valence-electron chi connectivity index (χ3n) is 3.14. The number of pyridine rings is 1. The Morgan fingerprint density at radius 3 is 2.74 bits per heavy atom. The van der Waals surface area contributed by atoms with Gasteiger partial charge in [0.2, 0.25) is 0 Å². The first kappa shape index (κ1) is 17.3. The topological polar surface area (TPSA) is 74.3 Å². The summed E-state index contributed by atoms with van der Waals surface area (Å²) in [5.74, 6) is 0.663. The van der Waals surface area contributed by atoms with Gasteiger partial charge in [0.25, 0.3) is 0 Å². The van der Waals surface area contributed by atoms with Gasteiger partial charge in [-0.3, -0.25) is 10.3 Å². The van der Waals surface area contributed by atoms with E-state index >= 15 is 0 Å². The van der Waals surface area contributed by atoms with E-state index in [9.17, 15) is 9.35 Å². The molecule has 0 radical (unpaired) electrons. The van der Waals surface area contributed by atoms with Crippen molar-refractivity contribution in [3.63, 3.8) is 0 Å². The Balaban J connectivity index is 1.82. The second-order valence-corrected chi connectivity index (χ2v) is 6.56. The zero-order valence-corrected chi connectivity index (χ0v) is 13.8. The van der Waals surface area contributed by atoms with Crippen LogP contribution in [0.15, 0.2) is 53.7 Å². The number of ether oxygens (including phenoxy) is 1. The number of aromatic nitrogens is 1. The lowest BCUT2D eigenvalue weighted by atomic mass is 10.3. The van der Waals surface area contributed by atoms with Gasteiger partial charge in [0.1, 0.15) is 12.4 Å². The number of carbonyl (C=O) groups is 1. The molecule has 0 aliphatic rings. The third kappa shape index (κ3) is 5.92. The molecule has 6 heteroatoms. The molecular weight excluding hydrogens is 312 g/mol. The summed E-state index contributed by atoms with van der Waals surface area (Å²) < 4.78 is 17.1. The third-order valence-corrected chi connectivity index (χ3v) is 4.60. The number of hydrogen-bond acceptors (Lipinski definition) is 4. The second kappa shape index (κ2) is 9.17. The molecule has 0 spiro atoms. The van der Waals surface area contributed by atoms with Crippen LogP contribution in [0.1, 0.15) is 25.3 Å². The van der Waals surface area contributed by atoms with E-state index < -0.39 is 17.3 Å². The lowest BCUT2D eigenvalue weighted by molar-refractivity contribution is 0.155. The molecule has 5 nitrogen and oxygen atoms in total. The van der Waals surface area contributed by atoms with Crippen LogP contribution >= 0.6 is 0 Å². The maximum absolute atomic E-state index is 12.0. The lowest BCUT2D eigenvalue weighted by Crippen LogP contribution is -2.14. The standard InChI is InChI=1S/C17H20N2O3S/c1-2-3-11-23(21)16-8-6-15(7-9-16)19-17(20)22-13-14-5-4-10-18-12-14/h4-10,12H,2-3,11,13H2,1H3,(H,19,20). The number of benzene rings is 1. The Morgan fingerprint density at radius 1 is 1.30 bits per heavy atom. The van der Waals surface area contributed by atoms with Crippen molar-refractivity contribution < 1.29 is 14.1 Å². The molecule has 1 atom stereocenters. The van der Waals surface area contributed by atoms with Crippen LogP contribution in [0.2, 0.25) is 0 Å². The molecule has 1 heterocycles. The number of nitrogens with one attached hydrogen (secondary N) is 1. The van der Waals surface area contributed by atoms with Crippen molar-refractivity contribution in [3.8, 4) is 0 Å². The number of nitrogens with zero attached hydrogens (tertiary/aromatic N) is 1. The van der Waals surface area contributed by atoms with Crippen LogP contribution in [0, 0.1) is 0 Å². The van der Waals surface area contributed by atoms with Gasteiger partial charge in [-0.25, -0.2) is 4.79 Å².